The Balaban J connectivity index is 1.51. The fraction of sp³-hybridized carbons (Fsp3) is 0.632. The predicted molar refractivity (Wildman–Crippen MR) is 89.6 cm³/mol. The van der Waals surface area contributed by atoms with E-state index in [4.69, 9.17) is 0 Å². The molecule has 1 aromatic carbocycles. The van der Waals surface area contributed by atoms with Crippen LogP contribution in [0.1, 0.15) is 56.6 Å². The van der Waals surface area contributed by atoms with Crippen LogP contribution in [0.15, 0.2) is 30.3 Å². The number of carbonyl (C=O) groups excluding carboxylic acids is 1. The zero-order chi connectivity index (χ0) is 15.4. The highest BCUT2D eigenvalue weighted by Gasteiger charge is 2.33. The van der Waals surface area contributed by atoms with E-state index in [2.05, 4.69) is 41.5 Å². The molecule has 1 aromatic rings. The summed E-state index contributed by atoms with van der Waals surface area (Å²) in [4.78, 5) is 14.8. The highest BCUT2D eigenvalue weighted by molar-refractivity contribution is 5.76. The lowest BCUT2D eigenvalue weighted by Crippen LogP contribution is -2.37. The van der Waals surface area contributed by atoms with Crippen LogP contribution in [0.5, 0.6) is 0 Å². The van der Waals surface area contributed by atoms with Gasteiger partial charge in [-0.15, -0.1) is 0 Å². The second-order valence-electron chi connectivity index (χ2n) is 6.96. The van der Waals surface area contributed by atoms with Gasteiger partial charge >= 0.3 is 0 Å². The third-order valence-electron chi connectivity index (χ3n) is 5.19. The highest BCUT2D eigenvalue weighted by Crippen LogP contribution is 2.41. The van der Waals surface area contributed by atoms with Crippen LogP contribution in [0, 0.1) is 5.92 Å². The first-order valence-corrected chi connectivity index (χ1v) is 8.78. The normalized spacial score (nSPS) is 24.0. The van der Waals surface area contributed by atoms with Gasteiger partial charge in [0.1, 0.15) is 0 Å². The fourth-order valence-electron chi connectivity index (χ4n) is 3.62. The van der Waals surface area contributed by atoms with E-state index in [0.717, 1.165) is 6.42 Å². The molecule has 0 radical (unpaired) electrons. The maximum atomic E-state index is 12.4. The van der Waals surface area contributed by atoms with Crippen molar-refractivity contribution in [3.05, 3.63) is 35.9 Å². The lowest BCUT2D eigenvalue weighted by Gasteiger charge is -2.32. The Morgan fingerprint density at radius 1 is 1.23 bits per heavy atom. The van der Waals surface area contributed by atoms with Crippen molar-refractivity contribution in [3.8, 4) is 0 Å². The molecule has 0 bridgehead atoms. The molecule has 1 N–H and O–H groups in total. The van der Waals surface area contributed by atoms with Crippen LogP contribution in [0.2, 0.25) is 0 Å². The summed E-state index contributed by atoms with van der Waals surface area (Å²) in [6, 6.07) is 11.3. The standard InChI is InChI=1S/C19H28N2O/c1-21-14-6-5-9-17(21)12-13-18(22)20-19(16-10-11-16)15-7-3-2-4-8-15/h2-4,7-8,16-17,19H,5-6,9-14H2,1H3,(H,20,22)/t17-,19+/m1/s1. The van der Waals surface area contributed by atoms with Crippen molar-refractivity contribution in [1.29, 1.82) is 0 Å². The van der Waals surface area contributed by atoms with Gasteiger partial charge in [0.15, 0.2) is 0 Å². The molecule has 3 heteroatoms. The Labute approximate surface area is 134 Å². The number of nitrogens with zero attached hydrogens (tertiary/aromatic N) is 1. The summed E-state index contributed by atoms with van der Waals surface area (Å²) in [5, 5.41) is 3.29. The molecule has 1 saturated heterocycles. The summed E-state index contributed by atoms with van der Waals surface area (Å²) in [6.07, 6.45) is 7.99. The van der Waals surface area contributed by atoms with Gasteiger partial charge < -0.3 is 10.2 Å². The van der Waals surface area contributed by atoms with Crippen LogP contribution in [-0.2, 0) is 4.79 Å². The number of rotatable bonds is 6. The maximum absolute atomic E-state index is 12.4. The smallest absolute Gasteiger partial charge is 0.220 e. The number of piperidine rings is 1. The summed E-state index contributed by atoms with van der Waals surface area (Å²) in [7, 11) is 2.19. The van der Waals surface area contributed by atoms with Crippen LogP contribution < -0.4 is 5.32 Å². The van der Waals surface area contributed by atoms with E-state index in [-0.39, 0.29) is 11.9 Å². The van der Waals surface area contributed by atoms with Crippen LogP contribution in [-0.4, -0.2) is 30.4 Å². The molecule has 0 unspecified atom stereocenters. The van der Waals surface area contributed by atoms with Crippen molar-refractivity contribution in [2.75, 3.05) is 13.6 Å². The molecule has 2 aliphatic rings. The molecule has 0 aromatic heterocycles. The third-order valence-corrected chi connectivity index (χ3v) is 5.19. The predicted octanol–water partition coefficient (Wildman–Crippen LogP) is 3.52. The summed E-state index contributed by atoms with van der Waals surface area (Å²) in [5.41, 5.74) is 1.26. The van der Waals surface area contributed by atoms with E-state index in [1.807, 2.05) is 6.07 Å². The van der Waals surface area contributed by atoms with E-state index in [1.165, 1.54) is 44.2 Å². The topological polar surface area (TPSA) is 32.3 Å². The van der Waals surface area contributed by atoms with Crippen molar-refractivity contribution in [2.45, 2.75) is 57.0 Å². The first-order chi connectivity index (χ1) is 10.7. The second kappa shape index (κ2) is 7.28. The first-order valence-electron chi connectivity index (χ1n) is 8.78. The minimum absolute atomic E-state index is 0.220. The van der Waals surface area contributed by atoms with Gasteiger partial charge in [0.2, 0.25) is 5.91 Å². The van der Waals surface area contributed by atoms with Crippen LogP contribution >= 0.6 is 0 Å². The number of benzene rings is 1. The monoisotopic (exact) mass is 300 g/mol. The van der Waals surface area contributed by atoms with E-state index < -0.39 is 0 Å². The van der Waals surface area contributed by atoms with Gasteiger partial charge in [-0.3, -0.25) is 4.79 Å². The van der Waals surface area contributed by atoms with Gasteiger partial charge in [-0.2, -0.15) is 0 Å². The minimum atomic E-state index is 0.220. The number of hydrogen-bond acceptors (Lipinski definition) is 2. The third kappa shape index (κ3) is 4.10. The molecule has 1 saturated carbocycles. The molecular weight excluding hydrogens is 272 g/mol. The van der Waals surface area contributed by atoms with Gasteiger partial charge in [0.25, 0.3) is 0 Å². The summed E-state index contributed by atoms with van der Waals surface area (Å²) >= 11 is 0. The summed E-state index contributed by atoms with van der Waals surface area (Å²) < 4.78 is 0. The Morgan fingerprint density at radius 3 is 2.68 bits per heavy atom. The van der Waals surface area contributed by atoms with Crippen LogP contribution in [0.4, 0.5) is 0 Å². The van der Waals surface area contributed by atoms with Gasteiger partial charge in [-0.25, -0.2) is 0 Å². The van der Waals surface area contributed by atoms with Crippen molar-refractivity contribution in [3.63, 3.8) is 0 Å². The molecule has 2 atom stereocenters. The average molecular weight is 300 g/mol. The zero-order valence-corrected chi connectivity index (χ0v) is 13.6. The SMILES string of the molecule is CN1CCCC[C@@H]1CCC(=O)N[C@@H](c1ccccc1)C1CC1. The van der Waals surface area contributed by atoms with Crippen molar-refractivity contribution in [1.82, 2.24) is 10.2 Å². The highest BCUT2D eigenvalue weighted by atomic mass is 16.1. The lowest BCUT2D eigenvalue weighted by atomic mass is 9.98. The number of carbonyl (C=O) groups is 1. The quantitative estimate of drug-likeness (QED) is 0.872. The van der Waals surface area contributed by atoms with E-state index in [1.54, 1.807) is 0 Å². The molecule has 1 amide bonds. The number of amides is 1. The Kier molecular flexibility index (Phi) is 5.14. The van der Waals surface area contributed by atoms with E-state index >= 15 is 0 Å². The van der Waals surface area contributed by atoms with E-state index in [9.17, 15) is 4.79 Å². The lowest BCUT2D eigenvalue weighted by molar-refractivity contribution is -0.122. The molecular formula is C19H28N2O. The fourth-order valence-corrected chi connectivity index (χ4v) is 3.62. The molecule has 1 aliphatic carbocycles. The molecule has 1 heterocycles. The van der Waals surface area contributed by atoms with Crippen molar-refractivity contribution < 1.29 is 4.79 Å². The van der Waals surface area contributed by atoms with Crippen molar-refractivity contribution >= 4 is 5.91 Å². The molecule has 1 aliphatic heterocycles. The Hall–Kier alpha value is -1.35. The molecule has 120 valence electrons. The molecule has 22 heavy (non-hydrogen) atoms. The largest absolute Gasteiger partial charge is 0.349 e. The van der Waals surface area contributed by atoms with Gasteiger partial charge in [-0.1, -0.05) is 36.8 Å². The summed E-state index contributed by atoms with van der Waals surface area (Å²) in [6.45, 7) is 1.18. The molecule has 2 fully saturated rings. The number of likely N-dealkylation sites (tertiary alicyclic amines) is 1. The zero-order valence-electron chi connectivity index (χ0n) is 13.6. The number of hydrogen-bond donors (Lipinski definition) is 1. The average Bonchev–Trinajstić information content (AvgIpc) is 3.37. The van der Waals surface area contributed by atoms with Crippen LogP contribution in [0.25, 0.3) is 0 Å². The van der Waals surface area contributed by atoms with Gasteiger partial charge in [0, 0.05) is 12.5 Å². The van der Waals surface area contributed by atoms with Crippen molar-refractivity contribution in [2.24, 2.45) is 5.92 Å². The Morgan fingerprint density at radius 2 is 2.00 bits per heavy atom. The maximum Gasteiger partial charge on any atom is 0.220 e. The molecule has 3 nitrogen and oxygen atoms in total. The first kappa shape index (κ1) is 15.5. The van der Waals surface area contributed by atoms with Gasteiger partial charge in [-0.05, 0) is 57.2 Å². The minimum Gasteiger partial charge on any atom is -0.349 e. The number of nitrogens with one attached hydrogen (secondary N) is 1. The van der Waals surface area contributed by atoms with Gasteiger partial charge in [0.05, 0.1) is 6.04 Å². The second-order valence-corrected chi connectivity index (χ2v) is 6.96. The summed E-state index contributed by atoms with van der Waals surface area (Å²) in [5.74, 6) is 0.864. The Bertz CT molecular complexity index is 483. The van der Waals surface area contributed by atoms with E-state index in [0.29, 0.717) is 18.4 Å². The van der Waals surface area contributed by atoms with Crippen LogP contribution in [0.3, 0.4) is 0 Å². The molecule has 0 spiro atoms. The molecule has 3 rings (SSSR count).